The third-order valence-electron chi connectivity index (χ3n) is 10.7. The van der Waals surface area contributed by atoms with Crippen molar-refractivity contribution in [1.29, 1.82) is 0 Å². The summed E-state index contributed by atoms with van der Waals surface area (Å²) in [5.74, 6) is 0. The van der Waals surface area contributed by atoms with E-state index < -0.39 is 0 Å². The van der Waals surface area contributed by atoms with Crippen molar-refractivity contribution in [2.75, 3.05) is 4.90 Å². The molecule has 1 heteroatoms. The molecule has 0 saturated heterocycles. The lowest BCUT2D eigenvalue weighted by Crippen LogP contribution is -2.16. The topological polar surface area (TPSA) is 3.24 Å². The van der Waals surface area contributed by atoms with Gasteiger partial charge in [-0.2, -0.15) is 0 Å². The predicted octanol–water partition coefficient (Wildman–Crippen LogP) is 14.1. The quantitative estimate of drug-likeness (QED) is 0.164. The van der Waals surface area contributed by atoms with E-state index >= 15 is 0 Å². The summed E-state index contributed by atoms with van der Waals surface area (Å²) in [6, 6.07) is 72.7. The molecule has 0 spiro atoms. The molecule has 1 aliphatic carbocycles. The lowest BCUT2D eigenvalue weighted by atomic mass is 9.79. The summed E-state index contributed by atoms with van der Waals surface area (Å²) in [5.41, 5.74) is 18.4. The van der Waals surface area contributed by atoms with Crippen molar-refractivity contribution in [3.63, 3.8) is 0 Å². The van der Waals surface area contributed by atoms with Gasteiger partial charge >= 0.3 is 0 Å². The van der Waals surface area contributed by atoms with Crippen LogP contribution in [0.5, 0.6) is 0 Å². The number of benzene rings is 8. The first-order valence-corrected chi connectivity index (χ1v) is 18.1. The molecule has 0 radical (unpaired) electrons. The summed E-state index contributed by atoms with van der Waals surface area (Å²) in [5, 5.41) is 0. The second kappa shape index (κ2) is 13.0. The van der Waals surface area contributed by atoms with E-state index in [1.807, 2.05) is 0 Å². The Bertz CT molecular complexity index is 2500. The van der Waals surface area contributed by atoms with E-state index in [-0.39, 0.29) is 5.41 Å². The zero-order valence-electron chi connectivity index (χ0n) is 29.5. The Labute approximate surface area is 307 Å². The number of hydrogen-bond acceptors (Lipinski definition) is 1. The Morgan fingerprint density at radius 2 is 0.769 bits per heavy atom. The van der Waals surface area contributed by atoms with E-state index in [1.165, 1.54) is 66.8 Å². The van der Waals surface area contributed by atoms with Crippen LogP contribution in [0, 0.1) is 0 Å². The highest BCUT2D eigenvalue weighted by atomic mass is 15.1. The van der Waals surface area contributed by atoms with Gasteiger partial charge in [0.2, 0.25) is 0 Å². The molecule has 1 aliphatic rings. The fraction of sp³-hybridized carbons (Fsp3) is 0.0588. The molecule has 8 aromatic rings. The van der Waals surface area contributed by atoms with Crippen LogP contribution in [-0.2, 0) is 5.41 Å². The van der Waals surface area contributed by atoms with Crippen molar-refractivity contribution in [2.24, 2.45) is 0 Å². The van der Waals surface area contributed by atoms with Crippen LogP contribution in [0.2, 0.25) is 0 Å². The van der Waals surface area contributed by atoms with Gasteiger partial charge < -0.3 is 4.90 Å². The maximum Gasteiger partial charge on any atom is 0.0546 e. The molecule has 0 aliphatic heterocycles. The molecule has 52 heavy (non-hydrogen) atoms. The fourth-order valence-corrected chi connectivity index (χ4v) is 8.13. The first kappa shape index (κ1) is 31.5. The van der Waals surface area contributed by atoms with Crippen molar-refractivity contribution < 1.29 is 0 Å². The first-order chi connectivity index (χ1) is 25.6. The number of rotatable bonds is 7. The number of hydrogen-bond donors (Lipinski definition) is 0. The highest BCUT2D eigenvalue weighted by Gasteiger charge is 2.37. The van der Waals surface area contributed by atoms with Gasteiger partial charge in [-0.15, -0.1) is 0 Å². The average molecular weight is 666 g/mol. The van der Waals surface area contributed by atoms with Crippen LogP contribution in [0.1, 0.15) is 25.0 Å². The Kier molecular flexibility index (Phi) is 7.90. The third kappa shape index (κ3) is 5.52. The minimum Gasteiger partial charge on any atom is -0.310 e. The molecule has 0 amide bonds. The van der Waals surface area contributed by atoms with Crippen molar-refractivity contribution in [3.05, 3.63) is 211 Å². The predicted molar refractivity (Wildman–Crippen MR) is 220 cm³/mol. The Hall–Kier alpha value is -6.44. The first-order valence-electron chi connectivity index (χ1n) is 18.1. The maximum atomic E-state index is 2.42. The standard InChI is InChI=1S/C51H39N/c1-51(2)48-24-13-12-21-46(48)47-23-14-22-45(50(47)51)40-27-32-43(33-28-40)52(42-30-25-38(26-31-42)36-15-6-3-7-16-36)49-35-41(37-17-8-4-9-18-37)29-34-44(49)39-19-10-5-11-20-39/h3-35H,1-2H3. The molecule has 0 unspecified atom stereocenters. The van der Waals surface area contributed by atoms with E-state index in [4.69, 9.17) is 0 Å². The molecule has 0 heterocycles. The molecule has 0 atom stereocenters. The summed E-state index contributed by atoms with van der Waals surface area (Å²) >= 11 is 0. The Balaban J connectivity index is 1.21. The van der Waals surface area contributed by atoms with Gasteiger partial charge in [-0.25, -0.2) is 0 Å². The molecule has 248 valence electrons. The fourth-order valence-electron chi connectivity index (χ4n) is 8.13. The molecule has 0 fully saturated rings. The molecular formula is C51H39N. The summed E-state index contributed by atoms with van der Waals surface area (Å²) in [6.45, 7) is 4.72. The van der Waals surface area contributed by atoms with Crippen molar-refractivity contribution in [2.45, 2.75) is 19.3 Å². The molecule has 0 aromatic heterocycles. The van der Waals surface area contributed by atoms with Gasteiger partial charge in [0.05, 0.1) is 5.69 Å². The Morgan fingerprint density at radius 1 is 0.327 bits per heavy atom. The number of anilines is 3. The van der Waals surface area contributed by atoms with Crippen molar-refractivity contribution >= 4 is 17.1 Å². The lowest BCUT2D eigenvalue weighted by molar-refractivity contribution is 0.662. The van der Waals surface area contributed by atoms with Crippen molar-refractivity contribution in [1.82, 2.24) is 0 Å². The average Bonchev–Trinajstić information content (AvgIpc) is 3.45. The van der Waals surface area contributed by atoms with Crippen LogP contribution in [-0.4, -0.2) is 0 Å². The van der Waals surface area contributed by atoms with Gasteiger partial charge in [0, 0.05) is 22.4 Å². The minimum absolute atomic E-state index is 0.0871. The zero-order valence-corrected chi connectivity index (χ0v) is 29.5. The van der Waals surface area contributed by atoms with Gasteiger partial charge in [0.25, 0.3) is 0 Å². The smallest absolute Gasteiger partial charge is 0.0546 e. The maximum absolute atomic E-state index is 2.42. The summed E-state index contributed by atoms with van der Waals surface area (Å²) in [6.07, 6.45) is 0. The van der Waals surface area contributed by atoms with E-state index in [0.717, 1.165) is 17.1 Å². The van der Waals surface area contributed by atoms with Crippen LogP contribution in [0.4, 0.5) is 17.1 Å². The summed E-state index contributed by atoms with van der Waals surface area (Å²) in [7, 11) is 0. The van der Waals surface area contributed by atoms with E-state index in [0.29, 0.717) is 0 Å². The highest BCUT2D eigenvalue weighted by Crippen LogP contribution is 2.52. The normalized spacial score (nSPS) is 12.6. The minimum atomic E-state index is -0.0871. The van der Waals surface area contributed by atoms with Gasteiger partial charge in [-0.3, -0.25) is 0 Å². The largest absolute Gasteiger partial charge is 0.310 e. The monoisotopic (exact) mass is 665 g/mol. The zero-order chi connectivity index (χ0) is 35.1. The summed E-state index contributed by atoms with van der Waals surface area (Å²) < 4.78 is 0. The van der Waals surface area contributed by atoms with Crippen LogP contribution < -0.4 is 4.90 Å². The van der Waals surface area contributed by atoms with E-state index in [1.54, 1.807) is 0 Å². The SMILES string of the molecule is CC1(C)c2ccccc2-c2cccc(-c3ccc(N(c4ccc(-c5ccccc5)cc4)c4cc(-c5ccccc5)ccc4-c4ccccc4)cc3)c21. The Morgan fingerprint density at radius 3 is 1.40 bits per heavy atom. The van der Waals surface area contributed by atoms with Gasteiger partial charge in [-0.05, 0) is 91.5 Å². The van der Waals surface area contributed by atoms with Crippen molar-refractivity contribution in [3.8, 4) is 55.6 Å². The third-order valence-corrected chi connectivity index (χ3v) is 10.7. The molecule has 0 saturated carbocycles. The molecule has 8 aromatic carbocycles. The molecule has 0 bridgehead atoms. The lowest BCUT2D eigenvalue weighted by Gasteiger charge is -2.29. The van der Waals surface area contributed by atoms with E-state index in [2.05, 4.69) is 219 Å². The highest BCUT2D eigenvalue weighted by molar-refractivity contribution is 5.92. The molecule has 1 nitrogen and oxygen atoms in total. The van der Waals surface area contributed by atoms with Gasteiger partial charge in [0.1, 0.15) is 0 Å². The van der Waals surface area contributed by atoms with Crippen LogP contribution in [0.15, 0.2) is 200 Å². The van der Waals surface area contributed by atoms with E-state index in [9.17, 15) is 0 Å². The van der Waals surface area contributed by atoms with Gasteiger partial charge in [-0.1, -0.05) is 184 Å². The number of nitrogens with zero attached hydrogens (tertiary/aromatic N) is 1. The van der Waals surface area contributed by atoms with Crippen LogP contribution >= 0.6 is 0 Å². The number of fused-ring (bicyclic) bond motifs is 3. The molecule has 0 N–H and O–H groups in total. The molecule has 9 rings (SSSR count). The second-order valence-corrected chi connectivity index (χ2v) is 14.2. The summed E-state index contributed by atoms with van der Waals surface area (Å²) in [4.78, 5) is 2.42. The molecular weight excluding hydrogens is 627 g/mol. The van der Waals surface area contributed by atoms with Crippen LogP contribution in [0.3, 0.4) is 0 Å². The van der Waals surface area contributed by atoms with Gasteiger partial charge in [0.15, 0.2) is 0 Å². The van der Waals surface area contributed by atoms with Crippen LogP contribution in [0.25, 0.3) is 55.6 Å². The second-order valence-electron chi connectivity index (χ2n) is 14.2.